The molecule has 54 valence electrons. The summed E-state index contributed by atoms with van der Waals surface area (Å²) in [7, 11) is 0. The average Bonchev–Trinajstić information content (AvgIpc) is 2.60. The minimum atomic E-state index is -0.610. The summed E-state index contributed by atoms with van der Waals surface area (Å²) in [6, 6.07) is 0. The van der Waals surface area contributed by atoms with Gasteiger partial charge < -0.3 is 5.11 Å². The lowest BCUT2D eigenvalue weighted by atomic mass is 10.1. The second-order valence-electron chi connectivity index (χ2n) is 3.11. The lowest BCUT2D eigenvalue weighted by Crippen LogP contribution is -1.99. The van der Waals surface area contributed by atoms with Crippen molar-refractivity contribution < 1.29 is 9.90 Å². The molecule has 0 aliphatic heterocycles. The van der Waals surface area contributed by atoms with Crippen molar-refractivity contribution in [2.75, 3.05) is 0 Å². The van der Waals surface area contributed by atoms with E-state index in [1.165, 1.54) is 0 Å². The van der Waals surface area contributed by atoms with Crippen LogP contribution in [0.15, 0.2) is 12.2 Å². The van der Waals surface area contributed by atoms with Crippen LogP contribution in [0.3, 0.4) is 0 Å². The molecule has 2 rings (SSSR count). The van der Waals surface area contributed by atoms with Gasteiger partial charge in [-0.2, -0.15) is 0 Å². The van der Waals surface area contributed by atoms with Crippen LogP contribution < -0.4 is 0 Å². The molecule has 2 aliphatic rings. The van der Waals surface area contributed by atoms with Crippen molar-refractivity contribution in [1.29, 1.82) is 0 Å². The van der Waals surface area contributed by atoms with Crippen LogP contribution in [0, 0.1) is 17.8 Å². The first-order valence-corrected chi connectivity index (χ1v) is 3.70. The SMILES string of the molecule is O=C(O)[C@@H]1[C@H]2C=CCC[C@H]21. The van der Waals surface area contributed by atoms with Crippen molar-refractivity contribution >= 4 is 5.97 Å². The topological polar surface area (TPSA) is 37.3 Å². The van der Waals surface area contributed by atoms with E-state index in [9.17, 15) is 4.79 Å². The van der Waals surface area contributed by atoms with Crippen molar-refractivity contribution in [1.82, 2.24) is 0 Å². The summed E-state index contributed by atoms with van der Waals surface area (Å²) in [5.41, 5.74) is 0. The maximum absolute atomic E-state index is 10.5. The van der Waals surface area contributed by atoms with Crippen LogP contribution in [0.2, 0.25) is 0 Å². The molecule has 0 spiro atoms. The summed E-state index contributed by atoms with van der Waals surface area (Å²) in [4.78, 5) is 10.5. The maximum atomic E-state index is 10.5. The molecule has 2 aliphatic carbocycles. The average molecular weight is 138 g/mol. The van der Waals surface area contributed by atoms with Gasteiger partial charge in [-0.25, -0.2) is 0 Å². The van der Waals surface area contributed by atoms with E-state index in [4.69, 9.17) is 5.11 Å². The summed E-state index contributed by atoms with van der Waals surface area (Å²) >= 11 is 0. The van der Waals surface area contributed by atoms with Crippen LogP contribution in [0.25, 0.3) is 0 Å². The van der Waals surface area contributed by atoms with E-state index in [1.54, 1.807) is 0 Å². The Morgan fingerprint density at radius 3 is 2.90 bits per heavy atom. The fourth-order valence-corrected chi connectivity index (χ4v) is 1.92. The zero-order valence-corrected chi connectivity index (χ0v) is 5.66. The zero-order chi connectivity index (χ0) is 7.14. The number of carbonyl (C=O) groups is 1. The highest BCUT2D eigenvalue weighted by Gasteiger charge is 2.53. The highest BCUT2D eigenvalue weighted by molar-refractivity contribution is 5.75. The fraction of sp³-hybridized carbons (Fsp3) is 0.625. The van der Waals surface area contributed by atoms with Gasteiger partial charge in [-0.3, -0.25) is 4.79 Å². The number of rotatable bonds is 1. The summed E-state index contributed by atoms with van der Waals surface area (Å²) in [6.45, 7) is 0. The molecule has 0 bridgehead atoms. The van der Waals surface area contributed by atoms with Crippen molar-refractivity contribution in [3.05, 3.63) is 12.2 Å². The monoisotopic (exact) mass is 138 g/mol. The maximum Gasteiger partial charge on any atom is 0.307 e. The van der Waals surface area contributed by atoms with Crippen LogP contribution in [0.1, 0.15) is 12.8 Å². The van der Waals surface area contributed by atoms with Crippen molar-refractivity contribution in [3.63, 3.8) is 0 Å². The third-order valence-electron chi connectivity index (χ3n) is 2.54. The Bertz CT molecular complexity index is 195. The normalized spacial score (nSPS) is 42.6. The molecule has 0 aromatic rings. The molecule has 0 unspecified atom stereocenters. The number of fused-ring (bicyclic) bond motifs is 1. The van der Waals surface area contributed by atoms with Crippen molar-refractivity contribution in [2.24, 2.45) is 17.8 Å². The predicted octanol–water partition coefficient (Wildman–Crippen LogP) is 1.28. The Morgan fingerprint density at radius 1 is 1.60 bits per heavy atom. The smallest absolute Gasteiger partial charge is 0.307 e. The van der Waals surface area contributed by atoms with Crippen LogP contribution >= 0.6 is 0 Å². The van der Waals surface area contributed by atoms with Gasteiger partial charge in [0.1, 0.15) is 0 Å². The Balaban J connectivity index is 2.08. The molecule has 1 saturated carbocycles. The van der Waals surface area contributed by atoms with E-state index < -0.39 is 5.97 Å². The van der Waals surface area contributed by atoms with Crippen LogP contribution in [-0.4, -0.2) is 11.1 Å². The molecule has 0 radical (unpaired) electrons. The van der Waals surface area contributed by atoms with Gasteiger partial charge in [0.25, 0.3) is 0 Å². The number of hydrogen-bond acceptors (Lipinski definition) is 1. The quantitative estimate of drug-likeness (QED) is 0.554. The minimum Gasteiger partial charge on any atom is -0.481 e. The van der Waals surface area contributed by atoms with Crippen LogP contribution in [0.5, 0.6) is 0 Å². The van der Waals surface area contributed by atoms with Gasteiger partial charge in [0, 0.05) is 0 Å². The van der Waals surface area contributed by atoms with Gasteiger partial charge in [-0.15, -0.1) is 0 Å². The molecular weight excluding hydrogens is 128 g/mol. The van der Waals surface area contributed by atoms with E-state index in [-0.39, 0.29) is 5.92 Å². The van der Waals surface area contributed by atoms with E-state index in [0.717, 1.165) is 12.8 Å². The zero-order valence-electron chi connectivity index (χ0n) is 5.66. The standard InChI is InChI=1S/C8H10O2/c9-8(10)7-5-3-1-2-4-6(5)7/h1,3,5-7H,2,4H2,(H,9,10)/t5-,6+,7+/m0/s1. The van der Waals surface area contributed by atoms with Crippen LogP contribution in [0.4, 0.5) is 0 Å². The molecule has 0 heterocycles. The molecule has 1 N–H and O–H groups in total. The van der Waals surface area contributed by atoms with Gasteiger partial charge in [0.05, 0.1) is 5.92 Å². The molecule has 0 aromatic carbocycles. The predicted molar refractivity (Wildman–Crippen MR) is 36.5 cm³/mol. The van der Waals surface area contributed by atoms with Gasteiger partial charge in [0.15, 0.2) is 0 Å². The molecular formula is C8H10O2. The number of hydrogen-bond donors (Lipinski definition) is 1. The molecule has 2 heteroatoms. The first-order valence-electron chi connectivity index (χ1n) is 3.70. The second kappa shape index (κ2) is 1.84. The molecule has 1 fully saturated rings. The molecule has 10 heavy (non-hydrogen) atoms. The number of aliphatic carboxylic acids is 1. The molecule has 2 nitrogen and oxygen atoms in total. The number of carboxylic acids is 1. The third kappa shape index (κ3) is 0.681. The van der Waals surface area contributed by atoms with Gasteiger partial charge >= 0.3 is 5.97 Å². The Morgan fingerprint density at radius 2 is 2.40 bits per heavy atom. The largest absolute Gasteiger partial charge is 0.481 e. The number of allylic oxidation sites excluding steroid dienone is 2. The molecule has 0 saturated heterocycles. The van der Waals surface area contributed by atoms with Crippen LogP contribution in [-0.2, 0) is 4.79 Å². The molecule has 3 atom stereocenters. The van der Waals surface area contributed by atoms with E-state index >= 15 is 0 Å². The summed E-state index contributed by atoms with van der Waals surface area (Å²) in [5.74, 6) is 0.203. The summed E-state index contributed by atoms with van der Waals surface area (Å²) in [5, 5.41) is 8.65. The minimum absolute atomic E-state index is 0.0428. The Kier molecular flexibility index (Phi) is 1.10. The van der Waals surface area contributed by atoms with E-state index in [2.05, 4.69) is 12.2 Å². The summed E-state index contributed by atoms with van der Waals surface area (Å²) < 4.78 is 0. The first kappa shape index (κ1) is 5.96. The lowest BCUT2D eigenvalue weighted by Gasteiger charge is -1.96. The highest BCUT2D eigenvalue weighted by atomic mass is 16.4. The second-order valence-corrected chi connectivity index (χ2v) is 3.11. The van der Waals surface area contributed by atoms with Gasteiger partial charge in [-0.1, -0.05) is 12.2 Å². The number of carboxylic acid groups (broad SMARTS) is 1. The van der Waals surface area contributed by atoms with Gasteiger partial charge in [0.2, 0.25) is 0 Å². The van der Waals surface area contributed by atoms with Crippen molar-refractivity contribution in [2.45, 2.75) is 12.8 Å². The fourth-order valence-electron chi connectivity index (χ4n) is 1.92. The molecule has 0 aromatic heterocycles. The van der Waals surface area contributed by atoms with Crippen molar-refractivity contribution in [3.8, 4) is 0 Å². The lowest BCUT2D eigenvalue weighted by molar-refractivity contribution is -0.139. The first-order chi connectivity index (χ1) is 4.80. The Hall–Kier alpha value is -0.790. The summed E-state index contributed by atoms with van der Waals surface area (Å²) in [6.07, 6.45) is 6.32. The molecule has 0 amide bonds. The van der Waals surface area contributed by atoms with E-state index in [1.807, 2.05) is 0 Å². The third-order valence-corrected chi connectivity index (χ3v) is 2.54. The Labute approximate surface area is 59.5 Å². The van der Waals surface area contributed by atoms with E-state index in [0.29, 0.717) is 11.8 Å². The van der Waals surface area contributed by atoms with Gasteiger partial charge in [-0.05, 0) is 24.7 Å². The highest BCUT2D eigenvalue weighted by Crippen LogP contribution is 2.52.